The molecule has 1 amide bonds. The summed E-state index contributed by atoms with van der Waals surface area (Å²) in [4.78, 5) is 23.2. The van der Waals surface area contributed by atoms with Gasteiger partial charge in [0.1, 0.15) is 5.54 Å². The van der Waals surface area contributed by atoms with Crippen molar-refractivity contribution in [1.82, 2.24) is 5.32 Å². The fraction of sp³-hybridized carbons (Fsp3) is 0.857. The quantitative estimate of drug-likeness (QED) is 0.786. The zero-order chi connectivity index (χ0) is 13.7. The Kier molecular flexibility index (Phi) is 5.13. The summed E-state index contributed by atoms with van der Waals surface area (Å²) in [6.07, 6.45) is 8.28. The largest absolute Gasteiger partial charge is 0.479 e. The lowest BCUT2D eigenvalue weighted by Crippen LogP contribution is -2.54. The first-order valence-corrected chi connectivity index (χ1v) is 8.40. The van der Waals surface area contributed by atoms with Crippen molar-refractivity contribution in [2.75, 3.05) is 11.5 Å². The molecule has 1 heterocycles. The van der Waals surface area contributed by atoms with Gasteiger partial charge in [-0.05, 0) is 30.9 Å². The molecule has 1 aliphatic heterocycles. The smallest absolute Gasteiger partial charge is 0.330 e. The van der Waals surface area contributed by atoms with Gasteiger partial charge in [0.15, 0.2) is 0 Å². The fourth-order valence-electron chi connectivity index (χ4n) is 3.07. The molecular weight excluding hydrogens is 262 g/mol. The summed E-state index contributed by atoms with van der Waals surface area (Å²) in [6.45, 7) is 0. The van der Waals surface area contributed by atoms with E-state index in [1.165, 1.54) is 25.7 Å². The third-order valence-electron chi connectivity index (χ3n) is 4.30. The lowest BCUT2D eigenvalue weighted by Gasteiger charge is -2.24. The summed E-state index contributed by atoms with van der Waals surface area (Å²) in [5.41, 5.74) is -1.00. The van der Waals surface area contributed by atoms with Crippen molar-refractivity contribution in [3.8, 4) is 0 Å². The number of hydrogen-bond acceptors (Lipinski definition) is 3. The highest BCUT2D eigenvalue weighted by molar-refractivity contribution is 7.99. The van der Waals surface area contributed by atoms with Crippen molar-refractivity contribution >= 4 is 23.6 Å². The Hall–Kier alpha value is -0.710. The van der Waals surface area contributed by atoms with Gasteiger partial charge >= 0.3 is 5.97 Å². The van der Waals surface area contributed by atoms with Crippen molar-refractivity contribution in [3.05, 3.63) is 0 Å². The average molecular weight is 285 g/mol. The second-order valence-electron chi connectivity index (χ2n) is 5.78. The van der Waals surface area contributed by atoms with Crippen molar-refractivity contribution in [3.63, 3.8) is 0 Å². The van der Waals surface area contributed by atoms with Crippen LogP contribution in [0, 0.1) is 5.92 Å². The molecule has 4 nitrogen and oxygen atoms in total. The molecule has 2 N–H and O–H groups in total. The highest BCUT2D eigenvalue weighted by atomic mass is 32.2. The van der Waals surface area contributed by atoms with E-state index in [2.05, 4.69) is 5.32 Å². The van der Waals surface area contributed by atoms with E-state index in [4.69, 9.17) is 0 Å². The number of hydrogen-bond donors (Lipinski definition) is 2. The van der Waals surface area contributed by atoms with Crippen LogP contribution in [0.15, 0.2) is 0 Å². The zero-order valence-electron chi connectivity index (χ0n) is 11.3. The van der Waals surface area contributed by atoms with Crippen LogP contribution in [-0.4, -0.2) is 34.0 Å². The van der Waals surface area contributed by atoms with Crippen molar-refractivity contribution < 1.29 is 14.7 Å². The van der Waals surface area contributed by atoms with Crippen LogP contribution in [0.3, 0.4) is 0 Å². The van der Waals surface area contributed by atoms with Gasteiger partial charge in [-0.3, -0.25) is 4.79 Å². The van der Waals surface area contributed by atoms with E-state index >= 15 is 0 Å². The molecule has 2 fully saturated rings. The van der Waals surface area contributed by atoms with E-state index in [0.717, 1.165) is 24.5 Å². The maximum absolute atomic E-state index is 11.9. The third kappa shape index (κ3) is 3.88. The normalized spacial score (nSPS) is 27.6. The predicted octanol–water partition coefficient (Wildman–Crippen LogP) is 2.42. The minimum atomic E-state index is -1.00. The molecule has 0 aromatic rings. The summed E-state index contributed by atoms with van der Waals surface area (Å²) in [6, 6.07) is 0. The fourth-order valence-corrected chi connectivity index (χ4v) is 4.39. The van der Waals surface area contributed by atoms with E-state index < -0.39 is 11.5 Å². The number of carboxylic acid groups (broad SMARTS) is 1. The first-order chi connectivity index (χ1) is 9.12. The van der Waals surface area contributed by atoms with Crippen LogP contribution in [-0.2, 0) is 9.59 Å². The summed E-state index contributed by atoms with van der Waals surface area (Å²) < 4.78 is 0. The first-order valence-electron chi connectivity index (χ1n) is 7.24. The number of carbonyl (C=O) groups is 2. The van der Waals surface area contributed by atoms with Crippen LogP contribution < -0.4 is 5.32 Å². The maximum atomic E-state index is 11.9. The number of carboxylic acids is 1. The molecule has 2 aliphatic rings. The summed E-state index contributed by atoms with van der Waals surface area (Å²) >= 11 is 1.60. The average Bonchev–Trinajstić information content (AvgIpc) is 3.00. The van der Waals surface area contributed by atoms with Gasteiger partial charge in [-0.2, -0.15) is 11.8 Å². The molecule has 0 spiro atoms. The monoisotopic (exact) mass is 285 g/mol. The van der Waals surface area contributed by atoms with E-state index in [1.807, 2.05) is 0 Å². The summed E-state index contributed by atoms with van der Waals surface area (Å²) in [7, 11) is 0. The van der Waals surface area contributed by atoms with Crippen LogP contribution in [0.2, 0.25) is 0 Å². The number of amides is 1. The molecule has 0 aromatic heterocycles. The van der Waals surface area contributed by atoms with Crippen LogP contribution in [0.1, 0.15) is 51.4 Å². The van der Waals surface area contributed by atoms with Crippen molar-refractivity contribution in [2.45, 2.75) is 56.9 Å². The minimum Gasteiger partial charge on any atom is -0.479 e. The number of aliphatic carboxylic acids is 1. The second-order valence-corrected chi connectivity index (χ2v) is 6.89. The molecular formula is C14H23NO3S. The van der Waals surface area contributed by atoms with Crippen molar-refractivity contribution in [1.29, 1.82) is 0 Å². The number of carbonyl (C=O) groups excluding carboxylic acids is 1. The highest BCUT2D eigenvalue weighted by Crippen LogP contribution is 2.30. The van der Waals surface area contributed by atoms with Gasteiger partial charge in [-0.15, -0.1) is 0 Å². The van der Waals surface area contributed by atoms with Crippen LogP contribution in [0.25, 0.3) is 0 Å². The van der Waals surface area contributed by atoms with E-state index in [9.17, 15) is 14.7 Å². The Morgan fingerprint density at radius 1 is 1.32 bits per heavy atom. The molecule has 1 saturated carbocycles. The molecule has 1 atom stereocenters. The standard InChI is InChI=1S/C14H23NO3S/c16-12(7-3-6-11-4-1-2-5-11)15-14(13(17)18)8-9-19-10-14/h11H,1-10H2,(H,15,16)(H,17,18). The Morgan fingerprint density at radius 2 is 2.05 bits per heavy atom. The van der Waals surface area contributed by atoms with Gasteiger partial charge in [-0.25, -0.2) is 4.79 Å². The molecule has 1 aliphatic carbocycles. The second kappa shape index (κ2) is 6.64. The van der Waals surface area contributed by atoms with E-state index in [1.54, 1.807) is 11.8 Å². The number of rotatable bonds is 6. The Morgan fingerprint density at radius 3 is 2.63 bits per heavy atom. The molecule has 5 heteroatoms. The van der Waals surface area contributed by atoms with Gasteiger partial charge in [0.25, 0.3) is 0 Å². The number of thioether (sulfide) groups is 1. The lowest BCUT2D eigenvalue weighted by molar-refractivity contribution is -0.146. The molecule has 2 rings (SSSR count). The summed E-state index contributed by atoms with van der Waals surface area (Å²) in [5.74, 6) is 1.12. The molecule has 1 unspecified atom stereocenters. The third-order valence-corrected chi connectivity index (χ3v) is 5.49. The molecule has 1 saturated heterocycles. The van der Waals surface area contributed by atoms with Crippen LogP contribution in [0.4, 0.5) is 0 Å². The lowest BCUT2D eigenvalue weighted by atomic mass is 9.97. The van der Waals surface area contributed by atoms with E-state index in [0.29, 0.717) is 18.6 Å². The maximum Gasteiger partial charge on any atom is 0.330 e. The van der Waals surface area contributed by atoms with Gasteiger partial charge in [0.2, 0.25) is 5.91 Å². The van der Waals surface area contributed by atoms with E-state index in [-0.39, 0.29) is 5.91 Å². The zero-order valence-corrected chi connectivity index (χ0v) is 12.1. The van der Waals surface area contributed by atoms with Crippen LogP contribution >= 0.6 is 11.8 Å². The van der Waals surface area contributed by atoms with Gasteiger partial charge in [0.05, 0.1) is 0 Å². The van der Waals surface area contributed by atoms with Gasteiger partial charge < -0.3 is 10.4 Å². The topological polar surface area (TPSA) is 66.4 Å². The summed E-state index contributed by atoms with van der Waals surface area (Å²) in [5, 5.41) is 12.0. The van der Waals surface area contributed by atoms with Gasteiger partial charge in [-0.1, -0.05) is 25.7 Å². The van der Waals surface area contributed by atoms with Crippen molar-refractivity contribution in [2.24, 2.45) is 5.92 Å². The SMILES string of the molecule is O=C(CCCC1CCCC1)NC1(C(=O)O)CCSC1. The molecule has 0 radical (unpaired) electrons. The minimum absolute atomic E-state index is 0.0945. The molecule has 0 bridgehead atoms. The molecule has 0 aromatic carbocycles. The van der Waals surface area contributed by atoms with Crippen LogP contribution in [0.5, 0.6) is 0 Å². The number of nitrogens with one attached hydrogen (secondary N) is 1. The Balaban J connectivity index is 1.72. The highest BCUT2D eigenvalue weighted by Gasteiger charge is 2.43. The molecule has 19 heavy (non-hydrogen) atoms. The van der Waals surface area contributed by atoms with Gasteiger partial charge in [0, 0.05) is 12.2 Å². The predicted molar refractivity (Wildman–Crippen MR) is 76.3 cm³/mol. The first kappa shape index (κ1) is 14.7. The molecule has 108 valence electrons. The Bertz CT molecular complexity index is 334. The Labute approximate surface area is 118 Å².